The molecule has 1 aliphatic heterocycles. The van der Waals surface area contributed by atoms with Crippen molar-refractivity contribution in [1.82, 2.24) is 0 Å². The first-order valence-electron chi connectivity index (χ1n) is 7.52. The number of alkyl halides is 3. The molecular weight excluding hydrogens is 351 g/mol. The highest BCUT2D eigenvalue weighted by Gasteiger charge is 2.48. The Morgan fingerprint density at radius 2 is 1.88 bits per heavy atom. The van der Waals surface area contributed by atoms with Gasteiger partial charge in [-0.15, -0.1) is 4.91 Å². The van der Waals surface area contributed by atoms with Gasteiger partial charge in [0.1, 0.15) is 11.4 Å². The van der Waals surface area contributed by atoms with E-state index in [0.717, 1.165) is 11.6 Å². The van der Waals surface area contributed by atoms with E-state index in [1.54, 1.807) is 24.3 Å². The molecule has 0 fully saturated rings. The lowest BCUT2D eigenvalue weighted by Crippen LogP contribution is -2.40. The minimum atomic E-state index is -4.89. The molecule has 2 aromatic carbocycles. The molecule has 0 radical (unpaired) electrons. The Morgan fingerprint density at radius 1 is 1.19 bits per heavy atom. The second-order valence-corrected chi connectivity index (χ2v) is 5.72. The molecule has 1 N–H and O–H groups in total. The van der Waals surface area contributed by atoms with Crippen LogP contribution in [-0.2, 0) is 11.2 Å². The fraction of sp³-hybridized carbons (Fsp3) is 0.167. The SMILES string of the molecule is O=Nc1cc2c(cc1Cc1ccccc1)OC(C(F)(F)F)C(C(=O)O)=C2. The van der Waals surface area contributed by atoms with Crippen LogP contribution in [0.25, 0.3) is 6.08 Å². The van der Waals surface area contributed by atoms with Gasteiger partial charge in [0.25, 0.3) is 0 Å². The Kier molecular flexibility index (Phi) is 4.50. The predicted octanol–water partition coefficient (Wildman–Crippen LogP) is 4.47. The van der Waals surface area contributed by atoms with Crippen molar-refractivity contribution in [2.24, 2.45) is 5.18 Å². The quantitative estimate of drug-likeness (QED) is 0.814. The van der Waals surface area contributed by atoms with Crippen molar-refractivity contribution in [3.8, 4) is 5.75 Å². The molecule has 0 aliphatic carbocycles. The maximum Gasteiger partial charge on any atom is 0.430 e. The molecule has 0 spiro atoms. The van der Waals surface area contributed by atoms with Crippen LogP contribution in [0.3, 0.4) is 0 Å². The molecule has 26 heavy (non-hydrogen) atoms. The van der Waals surface area contributed by atoms with Crippen LogP contribution in [0.4, 0.5) is 18.9 Å². The number of nitroso groups, excluding NO2 is 1. The second-order valence-electron chi connectivity index (χ2n) is 5.72. The number of carboxylic acids is 1. The number of aliphatic carboxylic acids is 1. The molecular formula is C18H12F3NO4. The molecule has 0 saturated carbocycles. The van der Waals surface area contributed by atoms with Gasteiger partial charge in [-0.1, -0.05) is 30.3 Å². The fourth-order valence-electron chi connectivity index (χ4n) is 2.73. The highest BCUT2D eigenvalue weighted by atomic mass is 19.4. The molecule has 0 aromatic heterocycles. The van der Waals surface area contributed by atoms with E-state index in [0.29, 0.717) is 5.56 Å². The number of ether oxygens (including phenoxy) is 1. The van der Waals surface area contributed by atoms with Gasteiger partial charge in [0.05, 0.1) is 5.57 Å². The van der Waals surface area contributed by atoms with Gasteiger partial charge in [0.2, 0.25) is 6.10 Å². The number of rotatable bonds is 4. The molecule has 2 aromatic rings. The van der Waals surface area contributed by atoms with Crippen molar-refractivity contribution in [3.05, 3.63) is 69.6 Å². The number of carbonyl (C=O) groups is 1. The van der Waals surface area contributed by atoms with Crippen LogP contribution >= 0.6 is 0 Å². The summed E-state index contributed by atoms with van der Waals surface area (Å²) in [4.78, 5) is 22.3. The van der Waals surface area contributed by atoms with Gasteiger partial charge in [0.15, 0.2) is 0 Å². The van der Waals surface area contributed by atoms with Crippen LogP contribution < -0.4 is 4.74 Å². The van der Waals surface area contributed by atoms with Crippen molar-refractivity contribution < 1.29 is 27.8 Å². The average molecular weight is 363 g/mol. The molecule has 0 saturated heterocycles. The molecule has 5 nitrogen and oxygen atoms in total. The van der Waals surface area contributed by atoms with Crippen molar-refractivity contribution >= 4 is 17.7 Å². The van der Waals surface area contributed by atoms with E-state index in [2.05, 4.69) is 5.18 Å². The van der Waals surface area contributed by atoms with Gasteiger partial charge in [-0.3, -0.25) is 0 Å². The van der Waals surface area contributed by atoms with E-state index in [-0.39, 0.29) is 23.4 Å². The van der Waals surface area contributed by atoms with E-state index in [1.807, 2.05) is 6.07 Å². The predicted molar refractivity (Wildman–Crippen MR) is 87.2 cm³/mol. The minimum absolute atomic E-state index is 0.0163. The first-order chi connectivity index (χ1) is 12.3. The largest absolute Gasteiger partial charge is 0.478 e. The molecule has 1 aliphatic rings. The molecule has 3 rings (SSSR count). The number of fused-ring (bicyclic) bond motifs is 1. The molecule has 1 unspecified atom stereocenters. The van der Waals surface area contributed by atoms with Gasteiger partial charge < -0.3 is 9.84 Å². The summed E-state index contributed by atoms with van der Waals surface area (Å²) in [5.41, 5.74) is 0.356. The zero-order chi connectivity index (χ0) is 18.9. The van der Waals surface area contributed by atoms with Crippen molar-refractivity contribution in [2.75, 3.05) is 0 Å². The molecule has 8 heteroatoms. The second kappa shape index (κ2) is 6.62. The molecule has 1 heterocycles. The Morgan fingerprint density at radius 3 is 2.46 bits per heavy atom. The third kappa shape index (κ3) is 3.44. The average Bonchev–Trinajstić information content (AvgIpc) is 2.60. The monoisotopic (exact) mass is 363 g/mol. The topological polar surface area (TPSA) is 76.0 Å². The number of carboxylic acid groups (broad SMARTS) is 1. The fourth-order valence-corrected chi connectivity index (χ4v) is 2.73. The molecule has 1 atom stereocenters. The highest BCUT2D eigenvalue weighted by molar-refractivity contribution is 5.95. The number of nitrogens with zero attached hydrogens (tertiary/aromatic N) is 1. The standard InChI is InChI=1S/C18H12F3NO4/c19-18(20,21)16-13(17(23)24)7-12-8-14(22-25)11(9-15(12)26-16)6-10-4-2-1-3-5-10/h1-5,7-9,16H,6H2,(H,23,24). The van der Waals surface area contributed by atoms with Crippen molar-refractivity contribution in [3.63, 3.8) is 0 Å². The Labute approximate surface area is 145 Å². The first-order valence-corrected chi connectivity index (χ1v) is 7.52. The maximum atomic E-state index is 13.1. The number of hydrogen-bond acceptors (Lipinski definition) is 4. The third-order valence-corrected chi connectivity index (χ3v) is 3.93. The lowest BCUT2D eigenvalue weighted by Gasteiger charge is -2.27. The van der Waals surface area contributed by atoms with Crippen LogP contribution in [0.5, 0.6) is 5.75 Å². The Balaban J connectivity index is 2.07. The first kappa shape index (κ1) is 17.7. The summed E-state index contributed by atoms with van der Waals surface area (Å²) >= 11 is 0. The van der Waals surface area contributed by atoms with E-state index in [1.165, 1.54) is 12.1 Å². The van der Waals surface area contributed by atoms with E-state index in [9.17, 15) is 22.9 Å². The summed E-state index contributed by atoms with van der Waals surface area (Å²) in [6.07, 6.45) is -6.33. The maximum absolute atomic E-state index is 13.1. The van der Waals surface area contributed by atoms with Gasteiger partial charge in [-0.25, -0.2) is 4.79 Å². The van der Waals surface area contributed by atoms with E-state index in [4.69, 9.17) is 9.84 Å². The van der Waals surface area contributed by atoms with E-state index >= 15 is 0 Å². The summed E-state index contributed by atoms with van der Waals surface area (Å²) in [5, 5.41) is 11.9. The molecule has 0 amide bonds. The smallest absolute Gasteiger partial charge is 0.430 e. The summed E-state index contributed by atoms with van der Waals surface area (Å²) in [7, 11) is 0. The van der Waals surface area contributed by atoms with Crippen LogP contribution in [0.15, 0.2) is 53.2 Å². The zero-order valence-electron chi connectivity index (χ0n) is 13.2. The summed E-state index contributed by atoms with van der Waals surface area (Å²) in [5.74, 6) is -1.89. The van der Waals surface area contributed by atoms with Gasteiger partial charge in [-0.05, 0) is 40.9 Å². The normalized spacial score (nSPS) is 16.3. The van der Waals surface area contributed by atoms with Crippen LogP contribution in [0.2, 0.25) is 0 Å². The summed E-state index contributed by atoms with van der Waals surface area (Å²) in [6, 6.07) is 11.5. The van der Waals surface area contributed by atoms with Gasteiger partial charge in [0, 0.05) is 5.56 Å². The van der Waals surface area contributed by atoms with Crippen molar-refractivity contribution in [1.29, 1.82) is 0 Å². The lowest BCUT2D eigenvalue weighted by molar-refractivity contribution is -0.187. The van der Waals surface area contributed by atoms with E-state index < -0.39 is 23.8 Å². The number of hydrogen-bond donors (Lipinski definition) is 1. The van der Waals surface area contributed by atoms with Crippen molar-refractivity contribution in [2.45, 2.75) is 18.7 Å². The van der Waals surface area contributed by atoms with Gasteiger partial charge >= 0.3 is 12.1 Å². The number of benzene rings is 2. The Bertz CT molecular complexity index is 891. The van der Waals surface area contributed by atoms with Crippen LogP contribution in [0.1, 0.15) is 16.7 Å². The zero-order valence-corrected chi connectivity index (χ0v) is 13.2. The van der Waals surface area contributed by atoms with Gasteiger partial charge in [-0.2, -0.15) is 13.2 Å². The Hall–Kier alpha value is -3.16. The molecule has 0 bridgehead atoms. The van der Waals surface area contributed by atoms with Crippen LogP contribution in [-0.4, -0.2) is 23.4 Å². The van der Waals surface area contributed by atoms with Crippen LogP contribution in [0, 0.1) is 4.91 Å². The third-order valence-electron chi connectivity index (χ3n) is 3.93. The summed E-state index contributed by atoms with van der Waals surface area (Å²) in [6.45, 7) is 0. The lowest BCUT2D eigenvalue weighted by atomic mass is 9.96. The highest BCUT2D eigenvalue weighted by Crippen LogP contribution is 2.40. The minimum Gasteiger partial charge on any atom is -0.478 e. The summed E-state index contributed by atoms with van der Waals surface area (Å²) < 4.78 is 44.4. The number of halogens is 3. The molecule has 134 valence electrons.